The van der Waals surface area contributed by atoms with E-state index in [2.05, 4.69) is 10.6 Å². The second-order valence-corrected chi connectivity index (χ2v) is 4.70. The van der Waals surface area contributed by atoms with Crippen LogP contribution in [-0.2, 0) is 4.79 Å². The summed E-state index contributed by atoms with van der Waals surface area (Å²) in [5.41, 5.74) is 5.99. The Bertz CT molecular complexity index is 466. The molecule has 2 atom stereocenters. The number of rotatable bonds is 6. The minimum atomic E-state index is -0.390. The van der Waals surface area contributed by atoms with E-state index in [0.717, 1.165) is 0 Å². The van der Waals surface area contributed by atoms with Crippen LogP contribution in [0.5, 0.6) is 0 Å². The lowest BCUT2D eigenvalue weighted by molar-refractivity contribution is -0.124. The first kappa shape index (κ1) is 19.3. The molecule has 0 aliphatic heterocycles. The quantitative estimate of drug-likeness (QED) is 0.686. The molecule has 0 spiro atoms. The third kappa shape index (κ3) is 6.55. The Kier molecular flexibility index (Phi) is 8.57. The molecule has 0 saturated carbocycles. The third-order valence-electron chi connectivity index (χ3n) is 3.02. The van der Waals surface area contributed by atoms with Gasteiger partial charge in [0, 0.05) is 30.6 Å². The number of nitrogens with one attached hydrogen (secondary N) is 2. The van der Waals surface area contributed by atoms with Gasteiger partial charge in [-0.2, -0.15) is 0 Å². The summed E-state index contributed by atoms with van der Waals surface area (Å²) in [5.74, 6) is -1.11. The molecule has 0 bridgehead atoms. The molecule has 4 N–H and O–H groups in total. The number of hydrogen-bond donors (Lipinski definition) is 3. The molecule has 2 amide bonds. The van der Waals surface area contributed by atoms with Crippen molar-refractivity contribution in [3.63, 3.8) is 0 Å². The van der Waals surface area contributed by atoms with Gasteiger partial charge in [-0.15, -0.1) is 12.4 Å². The molecule has 0 radical (unpaired) electrons. The van der Waals surface area contributed by atoms with Gasteiger partial charge in [-0.1, -0.05) is 6.92 Å². The van der Waals surface area contributed by atoms with Crippen LogP contribution >= 0.6 is 12.4 Å². The van der Waals surface area contributed by atoms with Crippen molar-refractivity contribution in [2.45, 2.75) is 19.9 Å². The summed E-state index contributed by atoms with van der Waals surface area (Å²) in [7, 11) is 0. The van der Waals surface area contributed by atoms with E-state index in [1.807, 2.05) is 0 Å². The third-order valence-corrected chi connectivity index (χ3v) is 3.02. The number of amides is 2. The van der Waals surface area contributed by atoms with Crippen LogP contribution in [-0.4, -0.2) is 30.9 Å². The maximum Gasteiger partial charge on any atom is 0.251 e. The molecule has 0 saturated heterocycles. The molecule has 0 aliphatic rings. The topological polar surface area (TPSA) is 84.2 Å². The standard InChI is InChI=1S/C14H20FN3O2.ClH/c1-9(10(2)16)13(19)17-7-8-18-14(20)11-3-5-12(15)6-4-11;/h3-6,9-10H,7-8,16H2,1-2H3,(H,17,19)(H,18,20);1H. The SMILES string of the molecule is CC(N)C(C)C(=O)NCCNC(=O)c1ccc(F)cc1.Cl. The van der Waals surface area contributed by atoms with E-state index in [1.54, 1.807) is 13.8 Å². The van der Waals surface area contributed by atoms with Crippen LogP contribution in [0.2, 0.25) is 0 Å². The van der Waals surface area contributed by atoms with Crippen LogP contribution in [0.15, 0.2) is 24.3 Å². The van der Waals surface area contributed by atoms with Crippen LogP contribution < -0.4 is 16.4 Å². The van der Waals surface area contributed by atoms with Crippen LogP contribution in [0.1, 0.15) is 24.2 Å². The smallest absolute Gasteiger partial charge is 0.251 e. The number of carbonyl (C=O) groups excluding carboxylic acids is 2. The van der Waals surface area contributed by atoms with Gasteiger partial charge < -0.3 is 16.4 Å². The zero-order chi connectivity index (χ0) is 15.1. The van der Waals surface area contributed by atoms with E-state index in [4.69, 9.17) is 5.73 Å². The highest BCUT2D eigenvalue weighted by Gasteiger charge is 2.16. The fourth-order valence-electron chi connectivity index (χ4n) is 1.46. The van der Waals surface area contributed by atoms with Gasteiger partial charge in [0.1, 0.15) is 5.82 Å². The zero-order valence-corrected chi connectivity index (χ0v) is 12.9. The molecule has 1 aromatic rings. The second kappa shape index (κ2) is 9.31. The number of hydrogen-bond acceptors (Lipinski definition) is 3. The van der Waals surface area contributed by atoms with Gasteiger partial charge in [-0.05, 0) is 31.2 Å². The van der Waals surface area contributed by atoms with E-state index in [9.17, 15) is 14.0 Å². The first-order valence-electron chi connectivity index (χ1n) is 6.49. The average Bonchev–Trinajstić information content (AvgIpc) is 2.42. The summed E-state index contributed by atoms with van der Waals surface area (Å²) < 4.78 is 12.7. The second-order valence-electron chi connectivity index (χ2n) is 4.70. The van der Waals surface area contributed by atoms with Crippen molar-refractivity contribution in [1.82, 2.24) is 10.6 Å². The molecule has 0 heterocycles. The minimum absolute atomic E-state index is 0. The predicted octanol–water partition coefficient (Wildman–Crippen LogP) is 1.08. The van der Waals surface area contributed by atoms with Crippen molar-refractivity contribution in [2.24, 2.45) is 11.7 Å². The van der Waals surface area contributed by atoms with Gasteiger partial charge in [0.2, 0.25) is 5.91 Å². The minimum Gasteiger partial charge on any atom is -0.354 e. The zero-order valence-electron chi connectivity index (χ0n) is 12.1. The monoisotopic (exact) mass is 317 g/mol. The van der Waals surface area contributed by atoms with E-state index < -0.39 is 5.82 Å². The fraction of sp³-hybridized carbons (Fsp3) is 0.429. The van der Waals surface area contributed by atoms with Crippen LogP contribution in [0.3, 0.4) is 0 Å². The molecule has 7 heteroatoms. The van der Waals surface area contributed by atoms with E-state index in [0.29, 0.717) is 18.7 Å². The van der Waals surface area contributed by atoms with Crippen molar-refractivity contribution in [1.29, 1.82) is 0 Å². The first-order chi connectivity index (χ1) is 9.41. The molecule has 1 aromatic carbocycles. The highest BCUT2D eigenvalue weighted by atomic mass is 35.5. The summed E-state index contributed by atoms with van der Waals surface area (Å²) in [6.07, 6.45) is 0. The molecule has 5 nitrogen and oxygen atoms in total. The van der Waals surface area contributed by atoms with Crippen LogP contribution in [0, 0.1) is 11.7 Å². The lowest BCUT2D eigenvalue weighted by atomic mass is 10.0. The Morgan fingerprint density at radius 1 is 1.14 bits per heavy atom. The van der Waals surface area contributed by atoms with Gasteiger partial charge >= 0.3 is 0 Å². The predicted molar refractivity (Wildman–Crippen MR) is 81.8 cm³/mol. The van der Waals surface area contributed by atoms with Crippen molar-refractivity contribution < 1.29 is 14.0 Å². The maximum absolute atomic E-state index is 12.7. The summed E-state index contributed by atoms with van der Waals surface area (Å²) in [6.45, 7) is 4.13. The van der Waals surface area contributed by atoms with E-state index >= 15 is 0 Å². The first-order valence-corrected chi connectivity index (χ1v) is 6.49. The molecule has 118 valence electrons. The summed E-state index contributed by atoms with van der Waals surface area (Å²) in [6, 6.07) is 5.04. The molecule has 0 fully saturated rings. The Hall–Kier alpha value is -1.66. The molecule has 0 aromatic heterocycles. The Balaban J connectivity index is 0.00000400. The van der Waals surface area contributed by atoms with Gasteiger partial charge in [0.05, 0.1) is 0 Å². The highest BCUT2D eigenvalue weighted by Crippen LogP contribution is 2.02. The largest absolute Gasteiger partial charge is 0.354 e. The number of carbonyl (C=O) groups is 2. The number of halogens is 2. The Morgan fingerprint density at radius 3 is 2.19 bits per heavy atom. The van der Waals surface area contributed by atoms with Gasteiger partial charge in [0.25, 0.3) is 5.91 Å². The van der Waals surface area contributed by atoms with Crippen molar-refractivity contribution in [3.8, 4) is 0 Å². The van der Waals surface area contributed by atoms with Crippen molar-refractivity contribution >= 4 is 24.2 Å². The average molecular weight is 318 g/mol. The van der Waals surface area contributed by atoms with Crippen molar-refractivity contribution in [2.75, 3.05) is 13.1 Å². The lowest BCUT2D eigenvalue weighted by Crippen LogP contribution is -2.41. The highest BCUT2D eigenvalue weighted by molar-refractivity contribution is 5.94. The van der Waals surface area contributed by atoms with Gasteiger partial charge in [-0.3, -0.25) is 9.59 Å². The van der Waals surface area contributed by atoms with Crippen LogP contribution in [0.4, 0.5) is 4.39 Å². The summed E-state index contributed by atoms with van der Waals surface area (Å²) in [4.78, 5) is 23.3. The van der Waals surface area contributed by atoms with Gasteiger partial charge in [0.15, 0.2) is 0 Å². The summed E-state index contributed by atoms with van der Waals surface area (Å²) >= 11 is 0. The van der Waals surface area contributed by atoms with Crippen LogP contribution in [0.25, 0.3) is 0 Å². The molecular formula is C14H21ClFN3O2. The fourth-order valence-corrected chi connectivity index (χ4v) is 1.46. The van der Waals surface area contributed by atoms with E-state index in [1.165, 1.54) is 24.3 Å². The lowest BCUT2D eigenvalue weighted by Gasteiger charge is -2.15. The number of nitrogens with two attached hydrogens (primary N) is 1. The maximum atomic E-state index is 12.7. The Labute approximate surface area is 129 Å². The summed E-state index contributed by atoms with van der Waals surface area (Å²) in [5, 5.41) is 5.32. The molecule has 0 aliphatic carbocycles. The molecular weight excluding hydrogens is 297 g/mol. The normalized spacial score (nSPS) is 12.8. The Morgan fingerprint density at radius 2 is 1.67 bits per heavy atom. The van der Waals surface area contributed by atoms with Crippen molar-refractivity contribution in [3.05, 3.63) is 35.6 Å². The molecule has 21 heavy (non-hydrogen) atoms. The molecule has 2 unspecified atom stereocenters. The van der Waals surface area contributed by atoms with Gasteiger partial charge in [-0.25, -0.2) is 4.39 Å². The number of benzene rings is 1. The van der Waals surface area contributed by atoms with E-state index in [-0.39, 0.29) is 36.2 Å². The molecule has 1 rings (SSSR count).